The van der Waals surface area contributed by atoms with Crippen LogP contribution in [-0.4, -0.2) is 21.7 Å². The second-order valence-corrected chi connectivity index (χ2v) is 4.25. The van der Waals surface area contributed by atoms with Gasteiger partial charge in [0.2, 0.25) is 0 Å². The molecule has 0 fully saturated rings. The highest BCUT2D eigenvalue weighted by molar-refractivity contribution is 5.39. The number of pyridine rings is 1. The Morgan fingerprint density at radius 2 is 2.16 bits per heavy atom. The number of benzene rings is 1. The summed E-state index contributed by atoms with van der Waals surface area (Å²) in [5.74, 6) is 1.62. The van der Waals surface area contributed by atoms with Crippen LogP contribution in [0.2, 0.25) is 0 Å². The van der Waals surface area contributed by atoms with Crippen molar-refractivity contribution in [3.05, 3.63) is 64.2 Å². The molecule has 0 atom stereocenters. The number of nitrogens with one attached hydrogen (secondary N) is 1. The number of hydrogen-bond acceptors (Lipinski definition) is 3. The molecule has 5 heteroatoms. The minimum atomic E-state index is -0.0460. The summed E-state index contributed by atoms with van der Waals surface area (Å²) in [5.41, 5.74) is 1.62. The molecule has 1 aromatic carbocycles. The molecule has 2 heterocycles. The maximum atomic E-state index is 11.3. The number of fused-ring (bicyclic) bond motifs is 1. The third-order valence-corrected chi connectivity index (χ3v) is 2.96. The number of aromatic nitrogens is 3. The van der Waals surface area contributed by atoms with Gasteiger partial charge in [-0.3, -0.25) is 9.89 Å². The molecule has 0 saturated heterocycles. The van der Waals surface area contributed by atoms with Crippen LogP contribution in [0.25, 0.3) is 5.65 Å². The molecule has 19 heavy (non-hydrogen) atoms. The predicted molar refractivity (Wildman–Crippen MR) is 71.6 cm³/mol. The number of aromatic amines is 1. The van der Waals surface area contributed by atoms with E-state index >= 15 is 0 Å². The van der Waals surface area contributed by atoms with Crippen molar-refractivity contribution in [1.29, 1.82) is 0 Å². The fraction of sp³-hybridized carbons (Fsp3) is 0.143. The van der Waals surface area contributed by atoms with E-state index in [0.29, 0.717) is 12.1 Å². The number of para-hydroxylation sites is 1. The summed E-state index contributed by atoms with van der Waals surface area (Å²) in [5, 5.41) is 3.13. The lowest BCUT2D eigenvalue weighted by atomic mass is 10.1. The van der Waals surface area contributed by atoms with Gasteiger partial charge in [0.25, 0.3) is 0 Å². The van der Waals surface area contributed by atoms with Gasteiger partial charge in [-0.1, -0.05) is 18.2 Å². The largest absolute Gasteiger partial charge is 0.496 e. The van der Waals surface area contributed by atoms with Crippen LogP contribution in [0.15, 0.2) is 47.4 Å². The molecule has 3 rings (SSSR count). The van der Waals surface area contributed by atoms with Crippen molar-refractivity contribution in [3.8, 4) is 5.75 Å². The smallest absolute Gasteiger partial charge is 0.183 e. The van der Waals surface area contributed by atoms with Crippen LogP contribution in [0.4, 0.5) is 0 Å². The van der Waals surface area contributed by atoms with Crippen molar-refractivity contribution in [2.75, 3.05) is 7.11 Å². The zero-order valence-corrected chi connectivity index (χ0v) is 10.5. The van der Waals surface area contributed by atoms with Gasteiger partial charge in [-0.2, -0.15) is 0 Å². The fourth-order valence-corrected chi connectivity index (χ4v) is 2.06. The van der Waals surface area contributed by atoms with Crippen molar-refractivity contribution in [1.82, 2.24) is 14.6 Å². The molecule has 0 aliphatic carbocycles. The van der Waals surface area contributed by atoms with E-state index in [1.54, 1.807) is 17.8 Å². The van der Waals surface area contributed by atoms with Crippen molar-refractivity contribution in [2.45, 2.75) is 6.42 Å². The average molecular weight is 255 g/mol. The van der Waals surface area contributed by atoms with E-state index in [1.165, 1.54) is 12.1 Å². The number of ether oxygens (including phenoxy) is 1. The topological polar surface area (TPSA) is 59.4 Å². The minimum Gasteiger partial charge on any atom is -0.496 e. The van der Waals surface area contributed by atoms with E-state index in [2.05, 4.69) is 10.1 Å². The number of hydrogen-bond donors (Lipinski definition) is 1. The quantitative estimate of drug-likeness (QED) is 0.773. The summed E-state index contributed by atoms with van der Waals surface area (Å²) in [6.45, 7) is 0. The lowest BCUT2D eigenvalue weighted by Gasteiger charge is -2.05. The zero-order chi connectivity index (χ0) is 13.2. The van der Waals surface area contributed by atoms with Gasteiger partial charge in [0, 0.05) is 30.3 Å². The van der Waals surface area contributed by atoms with Crippen LogP contribution in [0.5, 0.6) is 5.75 Å². The lowest BCUT2D eigenvalue weighted by molar-refractivity contribution is 0.410. The summed E-state index contributed by atoms with van der Waals surface area (Å²) in [4.78, 5) is 15.7. The molecule has 1 N–H and O–H groups in total. The first-order chi connectivity index (χ1) is 9.26. The molecule has 2 aromatic heterocycles. The van der Waals surface area contributed by atoms with E-state index in [4.69, 9.17) is 4.74 Å². The zero-order valence-electron chi connectivity index (χ0n) is 10.5. The highest BCUT2D eigenvalue weighted by Crippen LogP contribution is 2.19. The Bertz CT molecular complexity index is 773. The number of nitrogens with zero attached hydrogens (tertiary/aromatic N) is 2. The molecule has 0 aliphatic rings. The van der Waals surface area contributed by atoms with E-state index in [-0.39, 0.29) is 5.43 Å². The molecule has 3 aromatic rings. The first-order valence-electron chi connectivity index (χ1n) is 5.95. The average Bonchev–Trinajstić information content (AvgIpc) is 2.80. The summed E-state index contributed by atoms with van der Waals surface area (Å²) in [6.07, 6.45) is 2.30. The van der Waals surface area contributed by atoms with E-state index in [9.17, 15) is 4.79 Å². The highest BCUT2D eigenvalue weighted by Gasteiger charge is 2.07. The van der Waals surface area contributed by atoms with Crippen LogP contribution < -0.4 is 10.2 Å². The summed E-state index contributed by atoms with van der Waals surface area (Å²) in [6, 6.07) is 10.8. The second-order valence-electron chi connectivity index (χ2n) is 4.25. The first kappa shape index (κ1) is 11.5. The lowest BCUT2D eigenvalue weighted by Crippen LogP contribution is -1.99. The molecule has 0 saturated carbocycles. The van der Waals surface area contributed by atoms with E-state index in [0.717, 1.165) is 17.1 Å². The molecule has 0 radical (unpaired) electrons. The molecule has 0 unspecified atom stereocenters. The van der Waals surface area contributed by atoms with Crippen LogP contribution in [0, 0.1) is 0 Å². The van der Waals surface area contributed by atoms with Crippen LogP contribution >= 0.6 is 0 Å². The Labute approximate surface area is 109 Å². The van der Waals surface area contributed by atoms with Gasteiger partial charge < -0.3 is 4.74 Å². The van der Waals surface area contributed by atoms with Crippen LogP contribution in [0.1, 0.15) is 11.4 Å². The van der Waals surface area contributed by atoms with Crippen molar-refractivity contribution >= 4 is 5.65 Å². The first-order valence-corrected chi connectivity index (χ1v) is 5.95. The van der Waals surface area contributed by atoms with Crippen molar-refractivity contribution < 1.29 is 4.74 Å². The van der Waals surface area contributed by atoms with Crippen molar-refractivity contribution in [3.63, 3.8) is 0 Å². The van der Waals surface area contributed by atoms with Crippen LogP contribution in [0.3, 0.4) is 0 Å². The Morgan fingerprint density at radius 3 is 3.00 bits per heavy atom. The Balaban J connectivity index is 1.99. The summed E-state index contributed by atoms with van der Waals surface area (Å²) < 4.78 is 7.04. The molecular weight excluding hydrogens is 242 g/mol. The maximum absolute atomic E-state index is 11.3. The standard InChI is InChI=1S/C14H13N3O2/c1-19-12-5-3-2-4-10(12)8-13-15-14-9-11(18)6-7-17(14)16-13/h2-7,9H,8H2,1H3,(H,15,16). The Kier molecular flexibility index (Phi) is 2.79. The molecule has 96 valence electrons. The molecular formula is C14H13N3O2. The second kappa shape index (κ2) is 4.61. The molecule has 5 nitrogen and oxygen atoms in total. The van der Waals surface area contributed by atoms with Gasteiger partial charge in [-0.15, -0.1) is 0 Å². The van der Waals surface area contributed by atoms with Gasteiger partial charge in [0.05, 0.1) is 7.11 Å². The number of H-pyrrole nitrogens is 1. The Morgan fingerprint density at radius 1 is 1.32 bits per heavy atom. The summed E-state index contributed by atoms with van der Waals surface area (Å²) in [7, 11) is 1.65. The third kappa shape index (κ3) is 2.22. The predicted octanol–water partition coefficient (Wildman–Crippen LogP) is 1.62. The van der Waals surface area contributed by atoms with Gasteiger partial charge in [0.15, 0.2) is 11.1 Å². The monoisotopic (exact) mass is 255 g/mol. The molecule has 0 spiro atoms. The van der Waals surface area contributed by atoms with Gasteiger partial charge in [0.1, 0.15) is 11.6 Å². The maximum Gasteiger partial charge on any atom is 0.183 e. The SMILES string of the molecule is COc1ccccc1Cc1nc2cc(=O)ccn2[nH]1. The number of methoxy groups -OCH3 is 1. The molecule has 0 amide bonds. The fourth-order valence-electron chi connectivity index (χ4n) is 2.06. The highest BCUT2D eigenvalue weighted by atomic mass is 16.5. The van der Waals surface area contributed by atoms with Crippen molar-refractivity contribution in [2.24, 2.45) is 0 Å². The van der Waals surface area contributed by atoms with Gasteiger partial charge in [-0.05, 0) is 6.07 Å². The van der Waals surface area contributed by atoms with Crippen LogP contribution in [-0.2, 0) is 6.42 Å². The molecule has 0 aliphatic heterocycles. The minimum absolute atomic E-state index is 0.0460. The summed E-state index contributed by atoms with van der Waals surface area (Å²) >= 11 is 0. The van der Waals surface area contributed by atoms with E-state index < -0.39 is 0 Å². The third-order valence-electron chi connectivity index (χ3n) is 2.96. The number of rotatable bonds is 3. The normalized spacial score (nSPS) is 10.8. The van der Waals surface area contributed by atoms with Gasteiger partial charge >= 0.3 is 0 Å². The Hall–Kier alpha value is -2.56. The molecule has 0 bridgehead atoms. The van der Waals surface area contributed by atoms with Gasteiger partial charge in [-0.25, -0.2) is 9.50 Å². The van der Waals surface area contributed by atoms with E-state index in [1.807, 2.05) is 24.3 Å².